The maximum absolute atomic E-state index is 12.9. The first kappa shape index (κ1) is 23.6. The fraction of sp³-hybridized carbons (Fsp3) is 0.350. The summed E-state index contributed by atoms with van der Waals surface area (Å²) in [6, 6.07) is 5.50. The van der Waals surface area contributed by atoms with Crippen molar-refractivity contribution in [3.63, 3.8) is 0 Å². The molecule has 1 saturated heterocycles. The van der Waals surface area contributed by atoms with E-state index >= 15 is 0 Å². The number of carbonyl (C=O) groups is 1. The third kappa shape index (κ3) is 5.32. The Bertz CT molecular complexity index is 1180. The second-order valence-electron chi connectivity index (χ2n) is 7.47. The molecule has 180 valence electrons. The molecule has 0 bridgehead atoms. The molecule has 3 aromatic rings. The molecule has 2 aromatic heterocycles. The number of aromatic nitrogens is 3. The van der Waals surface area contributed by atoms with E-state index in [4.69, 9.17) is 4.42 Å². The zero-order valence-corrected chi connectivity index (χ0v) is 18.4. The van der Waals surface area contributed by atoms with E-state index < -0.39 is 28.3 Å². The minimum Gasteiger partial charge on any atom is -0.467 e. The first-order chi connectivity index (χ1) is 16.2. The lowest BCUT2D eigenvalue weighted by atomic mass is 10.1. The number of carbonyl (C=O) groups excluding carboxylic acids is 1. The van der Waals surface area contributed by atoms with Crippen LogP contribution in [0.1, 0.15) is 24.2 Å². The van der Waals surface area contributed by atoms with Crippen LogP contribution in [0.5, 0.6) is 0 Å². The summed E-state index contributed by atoms with van der Waals surface area (Å²) >= 11 is 1.06. The monoisotopic (exact) mass is 496 g/mol. The van der Waals surface area contributed by atoms with E-state index in [2.05, 4.69) is 20.4 Å². The number of amides is 1. The molecule has 4 rings (SSSR count). The van der Waals surface area contributed by atoms with Crippen molar-refractivity contribution in [3.05, 3.63) is 58.0 Å². The number of furan rings is 1. The van der Waals surface area contributed by atoms with Crippen molar-refractivity contribution in [2.24, 2.45) is 0 Å². The third-order valence-corrected chi connectivity index (χ3v) is 6.08. The lowest BCUT2D eigenvalue weighted by Crippen LogP contribution is -2.23. The Kier molecular flexibility index (Phi) is 6.77. The number of hydrogen-bond acceptors (Lipinski definition) is 8. The predicted molar refractivity (Wildman–Crippen MR) is 117 cm³/mol. The van der Waals surface area contributed by atoms with Crippen molar-refractivity contribution in [2.75, 3.05) is 29.1 Å². The summed E-state index contributed by atoms with van der Waals surface area (Å²) in [4.78, 5) is 24.8. The largest absolute Gasteiger partial charge is 0.467 e. The number of nitro benzene ring substituents is 1. The molecule has 1 N–H and O–H groups in total. The smallest absolute Gasteiger partial charge is 0.416 e. The summed E-state index contributed by atoms with van der Waals surface area (Å²) in [6.45, 7) is 2.01. The van der Waals surface area contributed by atoms with Gasteiger partial charge in [-0.2, -0.15) is 13.2 Å². The second-order valence-corrected chi connectivity index (χ2v) is 8.41. The quantitative estimate of drug-likeness (QED) is 0.280. The highest BCUT2D eigenvalue weighted by molar-refractivity contribution is 7.99. The molecular formula is C20H19F3N6O4S. The molecule has 0 radical (unpaired) electrons. The van der Waals surface area contributed by atoms with E-state index in [9.17, 15) is 28.1 Å². The third-order valence-electron chi connectivity index (χ3n) is 5.11. The topological polar surface area (TPSA) is 119 Å². The van der Waals surface area contributed by atoms with Crippen LogP contribution in [0.25, 0.3) is 0 Å². The lowest BCUT2D eigenvalue weighted by Gasteiger charge is -2.17. The number of nitrogens with zero attached hydrogens (tertiary/aromatic N) is 5. The van der Waals surface area contributed by atoms with E-state index in [1.54, 1.807) is 18.4 Å². The van der Waals surface area contributed by atoms with Gasteiger partial charge < -0.3 is 14.6 Å². The maximum Gasteiger partial charge on any atom is 0.416 e. The average Bonchev–Trinajstić information content (AvgIpc) is 3.54. The standard InChI is InChI=1S/C20H19F3N6O4S/c21-20(22,23)13-5-6-15(16(10-13)29(31)32)24-17(30)12-34-19-26-25-18(27-7-1-2-8-27)28(19)11-14-4-3-9-33-14/h3-6,9-10H,1-2,7-8,11-12H2,(H,24,30). The van der Waals surface area contributed by atoms with Crippen molar-refractivity contribution in [3.8, 4) is 0 Å². The van der Waals surface area contributed by atoms with Gasteiger partial charge in [0.2, 0.25) is 11.9 Å². The van der Waals surface area contributed by atoms with Crippen LogP contribution in [-0.4, -0.2) is 44.4 Å². The average molecular weight is 496 g/mol. The Morgan fingerprint density at radius 1 is 1.24 bits per heavy atom. The van der Waals surface area contributed by atoms with Gasteiger partial charge in [-0.25, -0.2) is 0 Å². The lowest BCUT2D eigenvalue weighted by molar-refractivity contribution is -0.384. The number of alkyl halides is 3. The number of benzene rings is 1. The summed E-state index contributed by atoms with van der Waals surface area (Å²) in [5, 5.41) is 22.4. The predicted octanol–water partition coefficient (Wildman–Crippen LogP) is 4.18. The minimum atomic E-state index is -4.74. The van der Waals surface area contributed by atoms with Gasteiger partial charge in [-0.1, -0.05) is 11.8 Å². The summed E-state index contributed by atoms with van der Waals surface area (Å²) in [5.74, 6) is 0.499. The van der Waals surface area contributed by atoms with Crippen LogP contribution in [0, 0.1) is 10.1 Å². The summed E-state index contributed by atoms with van der Waals surface area (Å²) in [6.07, 6.45) is -1.13. The molecule has 14 heteroatoms. The normalized spacial score (nSPS) is 13.9. The number of anilines is 2. The van der Waals surface area contributed by atoms with Crippen molar-refractivity contribution in [1.29, 1.82) is 0 Å². The van der Waals surface area contributed by atoms with E-state index in [1.807, 2.05) is 4.57 Å². The highest BCUT2D eigenvalue weighted by atomic mass is 32.2. The first-order valence-corrected chi connectivity index (χ1v) is 11.2. The fourth-order valence-corrected chi connectivity index (χ4v) is 4.25. The van der Waals surface area contributed by atoms with Crippen LogP contribution in [0.2, 0.25) is 0 Å². The Morgan fingerprint density at radius 2 is 2.00 bits per heavy atom. The van der Waals surface area contributed by atoms with Crippen LogP contribution in [-0.2, 0) is 17.5 Å². The highest BCUT2D eigenvalue weighted by Gasteiger charge is 2.33. The van der Waals surface area contributed by atoms with Crippen LogP contribution in [0.15, 0.2) is 46.2 Å². The van der Waals surface area contributed by atoms with Gasteiger partial charge in [-0.05, 0) is 37.1 Å². The highest BCUT2D eigenvalue weighted by Crippen LogP contribution is 2.35. The molecule has 1 aromatic carbocycles. The molecule has 10 nitrogen and oxygen atoms in total. The first-order valence-electron chi connectivity index (χ1n) is 10.2. The molecule has 34 heavy (non-hydrogen) atoms. The van der Waals surface area contributed by atoms with Crippen molar-refractivity contribution in [1.82, 2.24) is 14.8 Å². The van der Waals surface area contributed by atoms with Crippen molar-refractivity contribution < 1.29 is 27.3 Å². The number of nitrogens with one attached hydrogen (secondary N) is 1. The van der Waals surface area contributed by atoms with Gasteiger partial charge in [0.15, 0.2) is 5.16 Å². The number of halogens is 3. The second kappa shape index (κ2) is 9.75. The molecule has 0 spiro atoms. The molecule has 1 aliphatic heterocycles. The molecule has 0 atom stereocenters. The molecule has 1 aliphatic rings. The maximum atomic E-state index is 12.9. The van der Waals surface area contributed by atoms with Crippen molar-refractivity contribution >= 4 is 35.0 Å². The van der Waals surface area contributed by atoms with Gasteiger partial charge >= 0.3 is 6.18 Å². The molecule has 1 amide bonds. The number of thioether (sulfide) groups is 1. The minimum absolute atomic E-state index is 0.186. The van der Waals surface area contributed by atoms with Gasteiger partial charge in [-0.15, -0.1) is 10.2 Å². The zero-order valence-electron chi connectivity index (χ0n) is 17.6. The number of hydrogen-bond donors (Lipinski definition) is 1. The molecule has 1 fully saturated rings. The fourth-order valence-electron chi connectivity index (χ4n) is 3.52. The van der Waals surface area contributed by atoms with E-state index in [-0.39, 0.29) is 11.4 Å². The van der Waals surface area contributed by atoms with Gasteiger partial charge in [0.1, 0.15) is 11.4 Å². The molecule has 0 unspecified atom stereocenters. The Labute approximate surface area is 195 Å². The van der Waals surface area contributed by atoms with E-state index in [0.29, 0.717) is 35.5 Å². The molecule has 0 saturated carbocycles. The SMILES string of the molecule is O=C(CSc1nnc(N2CCCC2)n1Cc1ccco1)Nc1ccc(C(F)(F)F)cc1[N+](=O)[O-]. The van der Waals surface area contributed by atoms with Gasteiger partial charge in [0.05, 0.1) is 29.0 Å². The van der Waals surface area contributed by atoms with Crippen LogP contribution >= 0.6 is 11.8 Å². The molecule has 3 heterocycles. The van der Waals surface area contributed by atoms with Crippen molar-refractivity contribution in [2.45, 2.75) is 30.7 Å². The Morgan fingerprint density at radius 3 is 2.65 bits per heavy atom. The van der Waals surface area contributed by atoms with Gasteiger partial charge in [-0.3, -0.25) is 19.5 Å². The summed E-state index contributed by atoms with van der Waals surface area (Å²) < 4.78 is 45.9. The summed E-state index contributed by atoms with van der Waals surface area (Å²) in [5.41, 5.74) is -2.34. The molecular weight excluding hydrogens is 477 g/mol. The van der Waals surface area contributed by atoms with E-state index in [1.165, 1.54) is 0 Å². The van der Waals surface area contributed by atoms with Gasteiger partial charge in [0, 0.05) is 19.2 Å². The van der Waals surface area contributed by atoms with Gasteiger partial charge in [0.25, 0.3) is 5.69 Å². The number of rotatable bonds is 8. The Hall–Kier alpha value is -3.55. The number of nitro groups is 1. The molecule has 0 aliphatic carbocycles. The zero-order chi connectivity index (χ0) is 24.3. The summed E-state index contributed by atoms with van der Waals surface area (Å²) in [7, 11) is 0. The van der Waals surface area contributed by atoms with Crippen LogP contribution in [0.4, 0.5) is 30.5 Å². The Balaban J connectivity index is 1.48. The van der Waals surface area contributed by atoms with Crippen LogP contribution in [0.3, 0.4) is 0 Å². The van der Waals surface area contributed by atoms with Crippen LogP contribution < -0.4 is 10.2 Å². The van der Waals surface area contributed by atoms with E-state index in [0.717, 1.165) is 43.8 Å².